The molecule has 21 heavy (non-hydrogen) atoms. The minimum atomic E-state index is -0.329. The predicted molar refractivity (Wildman–Crippen MR) is 88.8 cm³/mol. The molecule has 1 aliphatic heterocycles. The van der Waals surface area contributed by atoms with Crippen LogP contribution >= 0.6 is 22.6 Å². The molecule has 1 atom stereocenters. The maximum atomic E-state index is 14.2. The van der Waals surface area contributed by atoms with Crippen LogP contribution in [0.25, 0.3) is 0 Å². The van der Waals surface area contributed by atoms with Gasteiger partial charge in [0.15, 0.2) is 0 Å². The number of likely N-dealkylation sites (N-methyl/N-ethyl adjacent to an activating group) is 1. The molecule has 1 aliphatic rings. The number of nitrogens with zero attached hydrogens (tertiary/aromatic N) is 1. The van der Waals surface area contributed by atoms with Crippen LogP contribution in [0.1, 0.15) is 17.2 Å². The number of hydrogen-bond acceptors (Lipinski definition) is 2. The molecule has 2 aromatic carbocycles. The molecule has 0 fully saturated rings. The summed E-state index contributed by atoms with van der Waals surface area (Å²) in [4.78, 5) is 13.7. The van der Waals surface area contributed by atoms with Crippen molar-refractivity contribution >= 4 is 34.2 Å². The molecule has 1 N–H and O–H groups in total. The third kappa shape index (κ3) is 2.67. The summed E-state index contributed by atoms with van der Waals surface area (Å²) in [7, 11) is 1.75. The monoisotopic (exact) mass is 396 g/mol. The number of fused-ring (bicyclic) bond motifs is 1. The third-order valence-corrected chi connectivity index (χ3v) is 4.38. The molecule has 2 aromatic rings. The highest BCUT2D eigenvalue weighted by Gasteiger charge is 2.27. The number of halogens is 2. The molecule has 0 bridgehead atoms. The van der Waals surface area contributed by atoms with E-state index in [-0.39, 0.29) is 24.3 Å². The largest absolute Gasteiger partial charge is 0.314 e. The van der Waals surface area contributed by atoms with E-state index >= 15 is 0 Å². The Bertz CT molecular complexity index is 704. The highest BCUT2D eigenvalue weighted by molar-refractivity contribution is 14.1. The zero-order chi connectivity index (χ0) is 15.0. The van der Waals surface area contributed by atoms with Gasteiger partial charge in [-0.1, -0.05) is 18.2 Å². The van der Waals surface area contributed by atoms with Crippen molar-refractivity contribution in [3.8, 4) is 0 Å². The van der Waals surface area contributed by atoms with Gasteiger partial charge in [-0.05, 0) is 52.4 Å². The molecule has 3 rings (SSSR count). The molecule has 1 amide bonds. The van der Waals surface area contributed by atoms with Gasteiger partial charge in [-0.15, -0.1) is 0 Å². The van der Waals surface area contributed by atoms with Gasteiger partial charge in [-0.3, -0.25) is 10.1 Å². The van der Waals surface area contributed by atoms with Crippen LogP contribution in [0.5, 0.6) is 0 Å². The first-order valence-electron chi connectivity index (χ1n) is 6.62. The summed E-state index contributed by atoms with van der Waals surface area (Å²) in [5, 5.41) is 3.17. The highest BCUT2D eigenvalue weighted by atomic mass is 127. The van der Waals surface area contributed by atoms with Gasteiger partial charge in [0.2, 0.25) is 5.91 Å². The second-order valence-electron chi connectivity index (χ2n) is 4.99. The molecule has 0 spiro atoms. The van der Waals surface area contributed by atoms with Gasteiger partial charge in [0.05, 0.1) is 12.6 Å². The fourth-order valence-electron chi connectivity index (χ4n) is 2.60. The fraction of sp³-hybridized carbons (Fsp3) is 0.188. The molecular weight excluding hydrogens is 382 g/mol. The summed E-state index contributed by atoms with van der Waals surface area (Å²) < 4.78 is 15.2. The average Bonchev–Trinajstić information content (AvgIpc) is 2.59. The Morgan fingerprint density at radius 3 is 2.76 bits per heavy atom. The maximum Gasteiger partial charge on any atom is 0.240 e. The molecule has 0 saturated carbocycles. The quantitative estimate of drug-likeness (QED) is 0.752. The Morgan fingerprint density at radius 1 is 1.24 bits per heavy atom. The van der Waals surface area contributed by atoms with E-state index in [1.807, 2.05) is 24.3 Å². The van der Waals surface area contributed by atoms with Crippen molar-refractivity contribution in [2.24, 2.45) is 0 Å². The van der Waals surface area contributed by atoms with Crippen molar-refractivity contribution in [1.82, 2.24) is 5.32 Å². The lowest BCUT2D eigenvalue weighted by molar-refractivity contribution is -0.117. The Labute approximate surface area is 136 Å². The van der Waals surface area contributed by atoms with Crippen LogP contribution in [0.15, 0.2) is 42.5 Å². The van der Waals surface area contributed by atoms with E-state index < -0.39 is 0 Å². The van der Waals surface area contributed by atoms with Crippen LogP contribution in [0.3, 0.4) is 0 Å². The van der Waals surface area contributed by atoms with Crippen LogP contribution in [-0.4, -0.2) is 19.5 Å². The van der Waals surface area contributed by atoms with Crippen molar-refractivity contribution in [3.05, 3.63) is 63.0 Å². The molecular formula is C16H14FIN2O. The standard InChI is InChI=1S/C16H14FIN2O/c1-20-14-7-6-10(18)8-12(14)16(19-9-15(20)21)11-4-2-3-5-13(11)17/h2-8,16,19H,9H2,1H3. The lowest BCUT2D eigenvalue weighted by atomic mass is 9.97. The number of hydrogen-bond donors (Lipinski definition) is 1. The van der Waals surface area contributed by atoms with Gasteiger partial charge in [-0.25, -0.2) is 4.39 Å². The lowest BCUT2D eigenvalue weighted by Crippen LogP contribution is -2.33. The minimum Gasteiger partial charge on any atom is -0.314 e. The number of nitrogens with one attached hydrogen (secondary N) is 1. The summed E-state index contributed by atoms with van der Waals surface area (Å²) in [6.45, 7) is 0.181. The van der Waals surface area contributed by atoms with Gasteiger partial charge in [-0.2, -0.15) is 0 Å². The molecule has 5 heteroatoms. The second-order valence-corrected chi connectivity index (χ2v) is 6.24. The highest BCUT2D eigenvalue weighted by Crippen LogP contribution is 2.34. The summed E-state index contributed by atoms with van der Waals surface area (Å²) in [5.74, 6) is -0.298. The number of carbonyl (C=O) groups excluding carboxylic acids is 1. The van der Waals surface area contributed by atoms with E-state index in [9.17, 15) is 9.18 Å². The summed E-state index contributed by atoms with van der Waals surface area (Å²) >= 11 is 2.22. The molecule has 1 unspecified atom stereocenters. The van der Waals surface area contributed by atoms with E-state index in [1.165, 1.54) is 6.07 Å². The molecule has 0 saturated heterocycles. The first-order valence-corrected chi connectivity index (χ1v) is 7.69. The molecule has 1 heterocycles. The van der Waals surface area contributed by atoms with Crippen LogP contribution in [-0.2, 0) is 4.79 Å². The average molecular weight is 396 g/mol. The van der Waals surface area contributed by atoms with Gasteiger partial charge in [0.25, 0.3) is 0 Å². The number of benzene rings is 2. The van der Waals surface area contributed by atoms with Crippen molar-refractivity contribution < 1.29 is 9.18 Å². The zero-order valence-electron chi connectivity index (χ0n) is 11.4. The zero-order valence-corrected chi connectivity index (χ0v) is 13.6. The normalized spacial score (nSPS) is 18.3. The molecule has 0 aromatic heterocycles. The van der Waals surface area contributed by atoms with Crippen LogP contribution in [0.4, 0.5) is 10.1 Å². The predicted octanol–water partition coefficient (Wildman–Crippen LogP) is 3.09. The van der Waals surface area contributed by atoms with Crippen molar-refractivity contribution in [2.75, 3.05) is 18.5 Å². The summed E-state index contributed by atoms with van der Waals surface area (Å²) in [5.41, 5.74) is 2.29. The molecule has 0 radical (unpaired) electrons. The fourth-order valence-corrected chi connectivity index (χ4v) is 3.12. The van der Waals surface area contributed by atoms with E-state index in [0.717, 1.165) is 14.8 Å². The minimum absolute atomic E-state index is 0.0312. The number of rotatable bonds is 1. The van der Waals surface area contributed by atoms with Gasteiger partial charge < -0.3 is 4.90 Å². The third-order valence-electron chi connectivity index (χ3n) is 3.71. The molecule has 3 nitrogen and oxygen atoms in total. The number of amides is 1. The smallest absolute Gasteiger partial charge is 0.240 e. The molecule has 0 aliphatic carbocycles. The van der Waals surface area contributed by atoms with Crippen LogP contribution < -0.4 is 10.2 Å². The topological polar surface area (TPSA) is 32.3 Å². The Kier molecular flexibility index (Phi) is 3.95. The first-order chi connectivity index (χ1) is 10.1. The van der Waals surface area contributed by atoms with Gasteiger partial charge in [0.1, 0.15) is 5.82 Å². The van der Waals surface area contributed by atoms with E-state index in [1.54, 1.807) is 24.1 Å². The number of anilines is 1. The summed E-state index contributed by atoms with van der Waals surface area (Å²) in [6.07, 6.45) is 0. The van der Waals surface area contributed by atoms with Crippen molar-refractivity contribution in [3.63, 3.8) is 0 Å². The second kappa shape index (κ2) is 5.73. The SMILES string of the molecule is CN1C(=O)CNC(c2ccccc2F)c2cc(I)ccc21. The first kappa shape index (κ1) is 14.5. The van der Waals surface area contributed by atoms with Crippen molar-refractivity contribution in [2.45, 2.75) is 6.04 Å². The van der Waals surface area contributed by atoms with Crippen molar-refractivity contribution in [1.29, 1.82) is 0 Å². The lowest BCUT2D eigenvalue weighted by Gasteiger charge is -2.21. The Morgan fingerprint density at radius 2 is 2.00 bits per heavy atom. The van der Waals surface area contributed by atoms with E-state index in [0.29, 0.717) is 5.56 Å². The van der Waals surface area contributed by atoms with Crippen LogP contribution in [0, 0.1) is 9.39 Å². The Hall–Kier alpha value is -1.47. The van der Waals surface area contributed by atoms with Gasteiger partial charge in [0, 0.05) is 21.9 Å². The number of carbonyl (C=O) groups is 1. The van der Waals surface area contributed by atoms with Gasteiger partial charge >= 0.3 is 0 Å². The van der Waals surface area contributed by atoms with E-state index in [4.69, 9.17) is 0 Å². The molecule has 108 valence electrons. The summed E-state index contributed by atoms with van der Waals surface area (Å²) in [6, 6.07) is 12.2. The Balaban J connectivity index is 2.19. The maximum absolute atomic E-state index is 14.2. The van der Waals surface area contributed by atoms with Crippen LogP contribution in [0.2, 0.25) is 0 Å². The van der Waals surface area contributed by atoms with E-state index in [2.05, 4.69) is 27.9 Å².